The summed E-state index contributed by atoms with van der Waals surface area (Å²) in [5.41, 5.74) is 0.439. The van der Waals surface area contributed by atoms with Crippen molar-refractivity contribution in [3.63, 3.8) is 0 Å². The first-order valence-electron chi connectivity index (χ1n) is 8.01. The van der Waals surface area contributed by atoms with Crippen LogP contribution in [0.3, 0.4) is 0 Å². The van der Waals surface area contributed by atoms with Crippen LogP contribution in [0.1, 0.15) is 18.6 Å². The van der Waals surface area contributed by atoms with E-state index in [1.54, 1.807) is 54.6 Å². The molecule has 7 nitrogen and oxygen atoms in total. The Labute approximate surface area is 151 Å². The van der Waals surface area contributed by atoms with E-state index in [0.29, 0.717) is 11.3 Å². The minimum absolute atomic E-state index is 0.439. The monoisotopic (exact) mass is 356 g/mol. The van der Waals surface area contributed by atoms with Gasteiger partial charge in [0.25, 0.3) is 5.91 Å². The number of amides is 3. The van der Waals surface area contributed by atoms with Crippen LogP contribution in [0.15, 0.2) is 60.7 Å². The van der Waals surface area contributed by atoms with E-state index in [2.05, 4.69) is 10.6 Å². The summed E-state index contributed by atoms with van der Waals surface area (Å²) in [5.74, 6) is -0.978. The van der Waals surface area contributed by atoms with Crippen LogP contribution in [-0.2, 0) is 14.3 Å². The molecule has 0 spiro atoms. The van der Waals surface area contributed by atoms with E-state index in [1.807, 2.05) is 6.07 Å². The molecule has 0 heterocycles. The highest BCUT2D eigenvalue weighted by atomic mass is 16.6. The van der Waals surface area contributed by atoms with Gasteiger partial charge in [-0.15, -0.1) is 0 Å². The second-order valence-corrected chi connectivity index (χ2v) is 5.37. The van der Waals surface area contributed by atoms with Crippen molar-refractivity contribution >= 4 is 17.9 Å². The molecule has 2 atom stereocenters. The number of esters is 1. The number of rotatable bonds is 6. The molecule has 0 aromatic heterocycles. The molecule has 2 aromatic rings. The van der Waals surface area contributed by atoms with E-state index < -0.39 is 30.1 Å². The Morgan fingerprint density at radius 2 is 1.50 bits per heavy atom. The highest BCUT2D eigenvalue weighted by Crippen LogP contribution is 2.20. The molecule has 2 N–H and O–H groups in total. The molecular weight excluding hydrogens is 336 g/mol. The molecule has 0 saturated carbocycles. The second kappa shape index (κ2) is 9.22. The third-order valence-electron chi connectivity index (χ3n) is 3.43. The Morgan fingerprint density at radius 3 is 2.08 bits per heavy atom. The standard InChI is InChI=1S/C19H20N2O5/c1-13(25-15-11-7-4-8-12-15)18(23)26-16(14-9-5-3-6-10-14)17(22)21-19(24)20-2/h3-13,16H,1-2H3,(H2,20,21,22,24). The Balaban J connectivity index is 2.11. The van der Waals surface area contributed by atoms with Gasteiger partial charge in [-0.3, -0.25) is 10.1 Å². The van der Waals surface area contributed by atoms with Crippen molar-refractivity contribution in [3.8, 4) is 5.75 Å². The smallest absolute Gasteiger partial charge is 0.348 e. The van der Waals surface area contributed by atoms with Gasteiger partial charge in [-0.25, -0.2) is 9.59 Å². The SMILES string of the molecule is CNC(=O)NC(=O)C(OC(=O)C(C)Oc1ccccc1)c1ccccc1. The number of benzene rings is 2. The molecule has 0 aliphatic rings. The quantitative estimate of drug-likeness (QED) is 0.774. The summed E-state index contributed by atoms with van der Waals surface area (Å²) >= 11 is 0. The highest BCUT2D eigenvalue weighted by molar-refractivity contribution is 5.97. The lowest BCUT2D eigenvalue weighted by molar-refractivity contribution is -0.162. The Hall–Kier alpha value is -3.35. The zero-order chi connectivity index (χ0) is 18.9. The van der Waals surface area contributed by atoms with Crippen molar-refractivity contribution in [1.82, 2.24) is 10.6 Å². The molecule has 0 aliphatic heterocycles. The molecule has 0 aliphatic carbocycles. The molecule has 0 radical (unpaired) electrons. The number of imide groups is 1. The van der Waals surface area contributed by atoms with E-state index in [-0.39, 0.29) is 0 Å². The fourth-order valence-electron chi connectivity index (χ4n) is 2.10. The van der Waals surface area contributed by atoms with Crippen LogP contribution < -0.4 is 15.4 Å². The molecule has 0 saturated heterocycles. The van der Waals surface area contributed by atoms with Gasteiger partial charge in [-0.05, 0) is 19.1 Å². The van der Waals surface area contributed by atoms with Gasteiger partial charge in [0.05, 0.1) is 0 Å². The van der Waals surface area contributed by atoms with E-state index >= 15 is 0 Å². The second-order valence-electron chi connectivity index (χ2n) is 5.37. The maximum absolute atomic E-state index is 12.4. The summed E-state index contributed by atoms with van der Waals surface area (Å²) in [4.78, 5) is 36.1. The summed E-state index contributed by atoms with van der Waals surface area (Å²) in [7, 11) is 1.38. The minimum atomic E-state index is -1.28. The zero-order valence-electron chi connectivity index (χ0n) is 14.5. The number of carbonyl (C=O) groups is 3. The molecule has 2 unspecified atom stereocenters. The van der Waals surface area contributed by atoms with Crippen LogP contribution in [0.5, 0.6) is 5.75 Å². The van der Waals surface area contributed by atoms with Gasteiger partial charge in [0.1, 0.15) is 5.75 Å². The molecule has 3 amide bonds. The first-order valence-corrected chi connectivity index (χ1v) is 8.01. The molecule has 26 heavy (non-hydrogen) atoms. The number of hydrogen-bond donors (Lipinski definition) is 2. The Kier molecular flexibility index (Phi) is 6.73. The van der Waals surface area contributed by atoms with Crippen LogP contribution in [0.2, 0.25) is 0 Å². The Morgan fingerprint density at radius 1 is 0.923 bits per heavy atom. The average molecular weight is 356 g/mol. The number of ether oxygens (including phenoxy) is 2. The molecular formula is C19H20N2O5. The van der Waals surface area contributed by atoms with E-state index in [4.69, 9.17) is 9.47 Å². The maximum atomic E-state index is 12.4. The molecule has 2 aromatic carbocycles. The van der Waals surface area contributed by atoms with Crippen LogP contribution in [-0.4, -0.2) is 31.1 Å². The minimum Gasteiger partial charge on any atom is -0.479 e. The maximum Gasteiger partial charge on any atom is 0.348 e. The number of hydrogen-bond acceptors (Lipinski definition) is 5. The predicted molar refractivity (Wildman–Crippen MR) is 94.4 cm³/mol. The largest absolute Gasteiger partial charge is 0.479 e. The van der Waals surface area contributed by atoms with E-state index in [0.717, 1.165) is 0 Å². The van der Waals surface area contributed by atoms with Gasteiger partial charge < -0.3 is 14.8 Å². The number of carbonyl (C=O) groups excluding carboxylic acids is 3. The molecule has 136 valence electrons. The summed E-state index contributed by atoms with van der Waals surface area (Å²) in [6.07, 6.45) is -2.21. The third-order valence-corrected chi connectivity index (χ3v) is 3.43. The number of para-hydroxylation sites is 1. The molecule has 0 bridgehead atoms. The molecule has 0 fully saturated rings. The van der Waals surface area contributed by atoms with E-state index in [1.165, 1.54) is 14.0 Å². The van der Waals surface area contributed by atoms with Crippen molar-refractivity contribution in [1.29, 1.82) is 0 Å². The fraction of sp³-hybridized carbons (Fsp3) is 0.211. The van der Waals surface area contributed by atoms with Gasteiger partial charge in [-0.1, -0.05) is 48.5 Å². The van der Waals surface area contributed by atoms with Gasteiger partial charge in [0, 0.05) is 12.6 Å². The summed E-state index contributed by atoms with van der Waals surface area (Å²) < 4.78 is 10.8. The fourth-order valence-corrected chi connectivity index (χ4v) is 2.10. The van der Waals surface area contributed by atoms with Crippen LogP contribution in [0.4, 0.5) is 4.79 Å². The summed E-state index contributed by atoms with van der Waals surface area (Å²) in [6.45, 7) is 1.52. The van der Waals surface area contributed by atoms with Gasteiger partial charge in [0.2, 0.25) is 6.10 Å². The summed E-state index contributed by atoms with van der Waals surface area (Å²) in [6, 6.07) is 16.5. The third kappa shape index (κ3) is 5.34. The highest BCUT2D eigenvalue weighted by Gasteiger charge is 2.29. The lowest BCUT2D eigenvalue weighted by Crippen LogP contribution is -2.42. The first-order chi connectivity index (χ1) is 12.5. The normalized spacial score (nSPS) is 12.4. The molecule has 2 rings (SSSR count). The van der Waals surface area contributed by atoms with Crippen molar-refractivity contribution in [3.05, 3.63) is 66.2 Å². The van der Waals surface area contributed by atoms with Crippen molar-refractivity contribution < 1.29 is 23.9 Å². The molecule has 7 heteroatoms. The number of urea groups is 1. The summed E-state index contributed by atoms with van der Waals surface area (Å²) in [5, 5.41) is 4.39. The van der Waals surface area contributed by atoms with Gasteiger partial charge in [-0.2, -0.15) is 0 Å². The predicted octanol–water partition coefficient (Wildman–Crippen LogP) is 2.19. The zero-order valence-corrected chi connectivity index (χ0v) is 14.5. The topological polar surface area (TPSA) is 93.7 Å². The van der Waals surface area contributed by atoms with Crippen molar-refractivity contribution in [2.45, 2.75) is 19.1 Å². The van der Waals surface area contributed by atoms with Crippen LogP contribution >= 0.6 is 0 Å². The lowest BCUT2D eigenvalue weighted by atomic mass is 10.1. The van der Waals surface area contributed by atoms with Gasteiger partial charge >= 0.3 is 12.0 Å². The lowest BCUT2D eigenvalue weighted by Gasteiger charge is -2.20. The van der Waals surface area contributed by atoms with Crippen molar-refractivity contribution in [2.75, 3.05) is 7.05 Å². The van der Waals surface area contributed by atoms with Gasteiger partial charge in [0.15, 0.2) is 6.10 Å². The number of nitrogens with one attached hydrogen (secondary N) is 2. The van der Waals surface area contributed by atoms with E-state index in [9.17, 15) is 14.4 Å². The average Bonchev–Trinajstić information content (AvgIpc) is 2.67. The van der Waals surface area contributed by atoms with Crippen LogP contribution in [0.25, 0.3) is 0 Å². The Bertz CT molecular complexity index is 749. The first kappa shape index (κ1) is 19.0. The van der Waals surface area contributed by atoms with Crippen molar-refractivity contribution in [2.24, 2.45) is 0 Å². The van der Waals surface area contributed by atoms with Crippen LogP contribution in [0, 0.1) is 0 Å².